The van der Waals surface area contributed by atoms with Crippen LogP contribution in [0.5, 0.6) is 0 Å². The minimum absolute atomic E-state index is 0.0475. The summed E-state index contributed by atoms with van der Waals surface area (Å²) >= 11 is 0. The Morgan fingerprint density at radius 3 is 2.73 bits per heavy atom. The Morgan fingerprint density at radius 2 is 2.10 bits per heavy atom. The van der Waals surface area contributed by atoms with Crippen molar-refractivity contribution >= 4 is 17.9 Å². The number of alkyl halides is 3. The molecule has 10 nitrogen and oxygen atoms in total. The van der Waals surface area contributed by atoms with Crippen molar-refractivity contribution < 1.29 is 32.4 Å². The van der Waals surface area contributed by atoms with Gasteiger partial charge in [0.05, 0.1) is 6.54 Å². The van der Waals surface area contributed by atoms with Crippen LogP contribution in [0.2, 0.25) is 0 Å². The van der Waals surface area contributed by atoms with Crippen LogP contribution in [0.3, 0.4) is 0 Å². The predicted molar refractivity (Wildman–Crippen MR) is 95.5 cm³/mol. The van der Waals surface area contributed by atoms with Crippen LogP contribution in [0, 0.1) is 0 Å². The molecule has 0 aromatic carbocycles. The Balaban J connectivity index is 1.70. The Morgan fingerprint density at radius 1 is 1.33 bits per heavy atom. The van der Waals surface area contributed by atoms with E-state index in [0.29, 0.717) is 25.8 Å². The molecule has 1 saturated heterocycles. The molecule has 1 aliphatic heterocycles. The number of carboxylic acid groups (broad SMARTS) is 1. The number of hydrogen-bond donors (Lipinski definition) is 2. The Kier molecular flexibility index (Phi) is 6.08. The first-order chi connectivity index (χ1) is 14.1. The third-order valence-electron chi connectivity index (χ3n) is 4.74. The van der Waals surface area contributed by atoms with Crippen LogP contribution < -0.4 is 10.6 Å². The van der Waals surface area contributed by atoms with Gasteiger partial charge in [0, 0.05) is 31.4 Å². The maximum Gasteiger partial charge on any atom is 0.433 e. The molecule has 2 amide bonds. The van der Waals surface area contributed by atoms with Gasteiger partial charge in [-0.1, -0.05) is 5.16 Å². The van der Waals surface area contributed by atoms with E-state index in [0.717, 1.165) is 17.2 Å². The average molecular weight is 428 g/mol. The first-order valence-electron chi connectivity index (χ1n) is 9.05. The molecular formula is C17H19F3N6O4. The monoisotopic (exact) mass is 428 g/mol. The lowest BCUT2D eigenvalue weighted by Gasteiger charge is -2.27. The number of rotatable bonds is 5. The lowest BCUT2D eigenvalue weighted by atomic mass is 10.1. The van der Waals surface area contributed by atoms with Crippen molar-refractivity contribution in [1.82, 2.24) is 20.0 Å². The highest BCUT2D eigenvalue weighted by molar-refractivity contribution is 5.90. The molecule has 3 rings (SSSR count). The highest BCUT2D eigenvalue weighted by atomic mass is 19.4. The van der Waals surface area contributed by atoms with Crippen molar-refractivity contribution in [3.05, 3.63) is 35.5 Å². The predicted octanol–water partition coefficient (Wildman–Crippen LogP) is 2.12. The maximum atomic E-state index is 12.9. The number of nitrogens with zero attached hydrogens (tertiary/aromatic N) is 5. The molecule has 1 aliphatic rings. The molecule has 0 spiro atoms. The van der Waals surface area contributed by atoms with Crippen LogP contribution in [0.15, 0.2) is 22.9 Å². The Hall–Kier alpha value is -3.38. The van der Waals surface area contributed by atoms with Crippen LogP contribution in [0.1, 0.15) is 41.2 Å². The largest absolute Gasteiger partial charge is 0.465 e. The molecule has 0 saturated carbocycles. The second-order valence-corrected chi connectivity index (χ2v) is 6.76. The first kappa shape index (κ1) is 21.3. The summed E-state index contributed by atoms with van der Waals surface area (Å²) in [5.41, 5.74) is 3.97. The minimum atomic E-state index is -4.58. The van der Waals surface area contributed by atoms with Gasteiger partial charge in [-0.3, -0.25) is 9.69 Å². The van der Waals surface area contributed by atoms with Gasteiger partial charge in [0.15, 0.2) is 11.5 Å². The number of amides is 2. The van der Waals surface area contributed by atoms with Crippen LogP contribution >= 0.6 is 0 Å². The minimum Gasteiger partial charge on any atom is -0.465 e. The van der Waals surface area contributed by atoms with E-state index in [1.165, 1.54) is 6.07 Å². The lowest BCUT2D eigenvalue weighted by Crippen LogP contribution is -2.39. The molecule has 30 heavy (non-hydrogen) atoms. The smallest absolute Gasteiger partial charge is 0.433 e. The van der Waals surface area contributed by atoms with Crippen molar-refractivity contribution in [3.8, 4) is 0 Å². The van der Waals surface area contributed by atoms with E-state index < -0.39 is 29.9 Å². The number of primary amides is 1. The summed E-state index contributed by atoms with van der Waals surface area (Å²) < 4.78 is 43.7. The summed E-state index contributed by atoms with van der Waals surface area (Å²) in [4.78, 5) is 33.2. The number of anilines is 1. The fraction of sp³-hybridized carbons (Fsp3) is 0.471. The number of hydrogen-bond acceptors (Lipinski definition) is 7. The van der Waals surface area contributed by atoms with E-state index in [2.05, 4.69) is 15.1 Å². The van der Waals surface area contributed by atoms with Crippen LogP contribution in [-0.4, -0.2) is 56.3 Å². The highest BCUT2D eigenvalue weighted by Crippen LogP contribution is 2.29. The van der Waals surface area contributed by atoms with Gasteiger partial charge in [-0.05, 0) is 25.3 Å². The summed E-state index contributed by atoms with van der Waals surface area (Å²) in [6.07, 6.45) is -3.36. The van der Waals surface area contributed by atoms with E-state index in [9.17, 15) is 27.9 Å². The number of carbonyl (C=O) groups excluding carboxylic acids is 1. The number of aromatic nitrogens is 3. The second-order valence-electron chi connectivity index (χ2n) is 6.76. The van der Waals surface area contributed by atoms with Crippen molar-refractivity contribution in [2.75, 3.05) is 18.0 Å². The third-order valence-corrected chi connectivity index (χ3v) is 4.74. The summed E-state index contributed by atoms with van der Waals surface area (Å²) in [6, 6.07) is 1.66. The van der Waals surface area contributed by atoms with Gasteiger partial charge in [0.25, 0.3) is 5.91 Å². The molecule has 2 aromatic rings. The van der Waals surface area contributed by atoms with E-state index in [1.54, 1.807) is 4.90 Å². The van der Waals surface area contributed by atoms with Gasteiger partial charge < -0.3 is 20.3 Å². The summed E-state index contributed by atoms with van der Waals surface area (Å²) in [5, 5.41) is 13.1. The van der Waals surface area contributed by atoms with Crippen molar-refractivity contribution in [1.29, 1.82) is 0 Å². The van der Waals surface area contributed by atoms with Crippen LogP contribution in [0.25, 0.3) is 0 Å². The van der Waals surface area contributed by atoms with Gasteiger partial charge in [-0.25, -0.2) is 14.8 Å². The topological polar surface area (TPSA) is 139 Å². The fourth-order valence-electron chi connectivity index (χ4n) is 3.27. The zero-order chi connectivity index (χ0) is 21.9. The first-order valence-corrected chi connectivity index (χ1v) is 9.05. The molecule has 13 heteroatoms. The summed E-state index contributed by atoms with van der Waals surface area (Å²) in [6.45, 7) is 0.526. The standard InChI is InChI=1S/C17H19F3N6O4/c18-17(19,20)13-3-5-22-15(23-13)25-6-1-2-10(4-7-25)26(16(28)29)9-11-8-12(14(21)27)24-30-11/h3,5,8,10H,1-2,4,6-7,9H2,(H2,21,27)(H,28,29). The van der Waals surface area contributed by atoms with Crippen LogP contribution in [-0.2, 0) is 12.7 Å². The molecule has 0 bridgehead atoms. The quantitative estimate of drug-likeness (QED) is 0.738. The highest BCUT2D eigenvalue weighted by Gasteiger charge is 2.34. The van der Waals surface area contributed by atoms with Crippen molar-refractivity contribution in [3.63, 3.8) is 0 Å². The molecule has 0 aliphatic carbocycles. The molecule has 162 valence electrons. The average Bonchev–Trinajstić information content (AvgIpc) is 3.02. The van der Waals surface area contributed by atoms with Crippen LogP contribution in [0.4, 0.5) is 23.9 Å². The zero-order valence-corrected chi connectivity index (χ0v) is 15.7. The molecule has 0 radical (unpaired) electrons. The molecule has 3 N–H and O–H groups in total. The van der Waals surface area contributed by atoms with E-state index in [1.807, 2.05) is 0 Å². The number of carbonyl (C=O) groups is 2. The van der Waals surface area contributed by atoms with E-state index in [-0.39, 0.29) is 30.5 Å². The fourth-order valence-corrected chi connectivity index (χ4v) is 3.27. The normalized spacial score (nSPS) is 17.4. The van der Waals surface area contributed by atoms with Gasteiger partial charge in [0.2, 0.25) is 5.95 Å². The summed E-state index contributed by atoms with van der Waals surface area (Å²) in [5.74, 6) is -0.680. The molecule has 1 fully saturated rings. The second kappa shape index (κ2) is 8.55. The molecule has 1 unspecified atom stereocenters. The molecular weight excluding hydrogens is 409 g/mol. The lowest BCUT2D eigenvalue weighted by molar-refractivity contribution is -0.141. The van der Waals surface area contributed by atoms with E-state index in [4.69, 9.17) is 10.3 Å². The van der Waals surface area contributed by atoms with E-state index >= 15 is 0 Å². The van der Waals surface area contributed by atoms with Gasteiger partial charge in [-0.15, -0.1) is 0 Å². The van der Waals surface area contributed by atoms with Gasteiger partial charge in [0.1, 0.15) is 5.69 Å². The number of halogens is 3. The van der Waals surface area contributed by atoms with Gasteiger partial charge >= 0.3 is 12.3 Å². The molecule has 3 heterocycles. The number of nitrogens with two attached hydrogens (primary N) is 1. The SMILES string of the molecule is NC(=O)c1cc(CN(C(=O)O)C2CCCN(c3nccc(C(F)(F)F)n3)CC2)on1. The van der Waals surface area contributed by atoms with Crippen molar-refractivity contribution in [2.24, 2.45) is 5.73 Å². The third kappa shape index (κ3) is 4.96. The summed E-state index contributed by atoms with van der Waals surface area (Å²) in [7, 11) is 0. The van der Waals surface area contributed by atoms with Gasteiger partial charge in [-0.2, -0.15) is 13.2 Å². The molecule has 2 aromatic heterocycles. The molecule has 1 atom stereocenters. The zero-order valence-electron chi connectivity index (χ0n) is 15.7. The maximum absolute atomic E-state index is 12.9. The van der Waals surface area contributed by atoms with Crippen molar-refractivity contribution in [2.45, 2.75) is 38.0 Å². The Bertz CT molecular complexity index is 919. The Labute approximate surface area is 168 Å².